The number of aryl methyl sites for hydroxylation is 1. The molecule has 4 heteroatoms. The summed E-state index contributed by atoms with van der Waals surface area (Å²) in [5, 5.41) is 13.0. The lowest BCUT2D eigenvalue weighted by atomic mass is 10.0. The molecule has 156 valence electrons. The fourth-order valence-electron chi connectivity index (χ4n) is 3.43. The number of Topliss-reactive ketones (excluding diaryl/α,β-unsaturated/α-hetero) is 1. The third-order valence-corrected chi connectivity index (χ3v) is 5.07. The highest BCUT2D eigenvalue weighted by Crippen LogP contribution is 2.27. The van der Waals surface area contributed by atoms with Gasteiger partial charge in [-0.1, -0.05) is 54.6 Å². The van der Waals surface area contributed by atoms with Gasteiger partial charge in [-0.25, -0.2) is 0 Å². The maximum Gasteiger partial charge on any atom is 0.219 e. The number of amides is 1. The molecule has 0 spiro atoms. The first-order valence-electron chi connectivity index (χ1n) is 10.7. The second kappa shape index (κ2) is 12.9. The minimum Gasteiger partial charge on any atom is -0.389 e. The molecular weight excluding hydrogens is 362 g/mol. The fraction of sp³-hybridized carbons (Fsp3) is 0.440. The number of hydrogen-bond donors (Lipinski definition) is 2. The van der Waals surface area contributed by atoms with E-state index in [0.717, 1.165) is 36.8 Å². The van der Waals surface area contributed by atoms with E-state index in [4.69, 9.17) is 0 Å². The van der Waals surface area contributed by atoms with Crippen LogP contribution in [0.5, 0.6) is 0 Å². The molecule has 0 heterocycles. The molecule has 2 rings (SSSR count). The van der Waals surface area contributed by atoms with Crippen molar-refractivity contribution >= 4 is 11.7 Å². The first kappa shape index (κ1) is 22.8. The van der Waals surface area contributed by atoms with E-state index < -0.39 is 6.10 Å². The first-order chi connectivity index (χ1) is 14.1. The highest BCUT2D eigenvalue weighted by Gasteiger charge is 2.20. The van der Waals surface area contributed by atoms with Crippen LogP contribution in [0.15, 0.2) is 65.8 Å². The minimum atomic E-state index is -0.510. The van der Waals surface area contributed by atoms with E-state index in [2.05, 4.69) is 17.4 Å². The summed E-state index contributed by atoms with van der Waals surface area (Å²) in [5.74, 6) is 0.295. The predicted molar refractivity (Wildman–Crippen MR) is 117 cm³/mol. The van der Waals surface area contributed by atoms with Crippen LogP contribution in [0.1, 0.15) is 57.4 Å². The molecule has 0 bridgehead atoms. The van der Waals surface area contributed by atoms with Crippen LogP contribution in [0.3, 0.4) is 0 Å². The Kier molecular flexibility index (Phi) is 10.1. The van der Waals surface area contributed by atoms with Crippen LogP contribution in [0, 0.1) is 0 Å². The van der Waals surface area contributed by atoms with Gasteiger partial charge in [0.2, 0.25) is 5.91 Å². The van der Waals surface area contributed by atoms with Gasteiger partial charge in [-0.15, -0.1) is 0 Å². The van der Waals surface area contributed by atoms with Crippen molar-refractivity contribution in [1.82, 2.24) is 5.32 Å². The zero-order valence-electron chi connectivity index (χ0n) is 17.4. The summed E-state index contributed by atoms with van der Waals surface area (Å²) in [6, 6.07) is 10.1. The third kappa shape index (κ3) is 8.61. The van der Waals surface area contributed by atoms with Crippen LogP contribution < -0.4 is 5.32 Å². The fourth-order valence-corrected chi connectivity index (χ4v) is 3.43. The molecule has 0 fully saturated rings. The predicted octanol–water partition coefficient (Wildman–Crippen LogP) is 4.45. The number of aliphatic hydroxyl groups is 1. The summed E-state index contributed by atoms with van der Waals surface area (Å²) in [4.78, 5) is 23.6. The summed E-state index contributed by atoms with van der Waals surface area (Å²) < 4.78 is 0. The lowest BCUT2D eigenvalue weighted by Crippen LogP contribution is -2.21. The normalized spacial score (nSPS) is 15.6. The Labute approximate surface area is 174 Å². The summed E-state index contributed by atoms with van der Waals surface area (Å²) in [7, 11) is 0. The molecule has 2 N–H and O–H groups in total. The highest BCUT2D eigenvalue weighted by atomic mass is 16.3. The smallest absolute Gasteiger partial charge is 0.219 e. The number of allylic oxidation sites excluding steroid dienone is 5. The molecule has 0 aromatic heterocycles. The molecule has 1 aromatic carbocycles. The van der Waals surface area contributed by atoms with Crippen molar-refractivity contribution in [2.45, 2.75) is 64.4 Å². The van der Waals surface area contributed by atoms with Gasteiger partial charge in [0.25, 0.3) is 0 Å². The number of carbonyl (C=O) groups excluding carboxylic acids is 2. The maximum atomic E-state index is 12.2. The number of hydrogen-bond acceptors (Lipinski definition) is 3. The average Bonchev–Trinajstić information content (AvgIpc) is 3.08. The second-order valence-corrected chi connectivity index (χ2v) is 7.40. The van der Waals surface area contributed by atoms with Gasteiger partial charge < -0.3 is 10.4 Å². The molecule has 0 saturated heterocycles. The number of nitrogens with one attached hydrogen (secondary N) is 1. The van der Waals surface area contributed by atoms with E-state index in [-0.39, 0.29) is 11.7 Å². The molecule has 1 aliphatic carbocycles. The summed E-state index contributed by atoms with van der Waals surface area (Å²) in [5.41, 5.74) is 3.12. The Bertz CT molecular complexity index is 747. The van der Waals surface area contributed by atoms with Gasteiger partial charge in [0.15, 0.2) is 5.78 Å². The summed E-state index contributed by atoms with van der Waals surface area (Å²) >= 11 is 0. The second-order valence-electron chi connectivity index (χ2n) is 7.40. The number of carbonyl (C=O) groups is 2. The van der Waals surface area contributed by atoms with Crippen molar-refractivity contribution in [2.24, 2.45) is 0 Å². The molecule has 0 aliphatic heterocycles. The third-order valence-electron chi connectivity index (χ3n) is 5.07. The Morgan fingerprint density at radius 1 is 1.21 bits per heavy atom. The lowest BCUT2D eigenvalue weighted by Gasteiger charge is -2.06. The van der Waals surface area contributed by atoms with E-state index in [0.29, 0.717) is 32.2 Å². The molecule has 1 aliphatic rings. The van der Waals surface area contributed by atoms with Crippen LogP contribution in [0.25, 0.3) is 0 Å². The van der Waals surface area contributed by atoms with Gasteiger partial charge in [0.05, 0.1) is 6.10 Å². The molecule has 0 radical (unpaired) electrons. The van der Waals surface area contributed by atoms with Crippen LogP contribution >= 0.6 is 0 Å². The van der Waals surface area contributed by atoms with Crippen LogP contribution in [0.4, 0.5) is 0 Å². The van der Waals surface area contributed by atoms with E-state index in [1.54, 1.807) is 0 Å². The van der Waals surface area contributed by atoms with Crippen molar-refractivity contribution in [1.29, 1.82) is 0 Å². The Hall–Kier alpha value is -2.46. The molecule has 4 nitrogen and oxygen atoms in total. The van der Waals surface area contributed by atoms with Crippen molar-refractivity contribution in [2.75, 3.05) is 6.54 Å². The van der Waals surface area contributed by atoms with Gasteiger partial charge in [-0.2, -0.15) is 0 Å². The molecule has 1 unspecified atom stereocenters. The van der Waals surface area contributed by atoms with Crippen molar-refractivity contribution in [3.8, 4) is 0 Å². The van der Waals surface area contributed by atoms with E-state index in [1.807, 2.05) is 49.4 Å². The van der Waals surface area contributed by atoms with Gasteiger partial charge in [-0.3, -0.25) is 9.59 Å². The van der Waals surface area contributed by atoms with E-state index in [9.17, 15) is 14.7 Å². The quantitative estimate of drug-likeness (QED) is 0.406. The molecule has 1 aromatic rings. The first-order valence-corrected chi connectivity index (χ1v) is 10.7. The number of aliphatic hydroxyl groups excluding tert-OH is 1. The highest BCUT2D eigenvalue weighted by molar-refractivity contribution is 5.99. The standard InChI is InChI=1S/C25H33NO3/c1-2-26-25(29)13-9-4-3-8-12-23-21(16-19-24(23)28)15-18-22(27)17-14-20-10-6-5-7-11-20/h3,5-8,10-11,15,18,22,27H,2,4,9,12-14,16-17,19H2,1H3,(H,26,29)/b8-3-,18-15?. The minimum absolute atomic E-state index is 0.0906. The molecular formula is C25H33NO3. The van der Waals surface area contributed by atoms with E-state index >= 15 is 0 Å². The Balaban J connectivity index is 1.79. The average molecular weight is 396 g/mol. The zero-order chi connectivity index (χ0) is 20.9. The summed E-state index contributed by atoms with van der Waals surface area (Å²) in [6.45, 7) is 2.58. The van der Waals surface area contributed by atoms with Crippen LogP contribution in [-0.4, -0.2) is 29.4 Å². The molecule has 1 amide bonds. The topological polar surface area (TPSA) is 66.4 Å². The molecule has 0 saturated carbocycles. The van der Waals surface area contributed by atoms with Crippen molar-refractivity contribution < 1.29 is 14.7 Å². The van der Waals surface area contributed by atoms with Crippen molar-refractivity contribution in [3.63, 3.8) is 0 Å². The monoisotopic (exact) mass is 395 g/mol. The number of rotatable bonds is 12. The largest absolute Gasteiger partial charge is 0.389 e. The summed E-state index contributed by atoms with van der Waals surface area (Å²) in [6.07, 6.45) is 12.9. The van der Waals surface area contributed by atoms with Gasteiger partial charge in [0.1, 0.15) is 0 Å². The van der Waals surface area contributed by atoms with Crippen molar-refractivity contribution in [3.05, 3.63) is 71.3 Å². The zero-order valence-corrected chi connectivity index (χ0v) is 17.4. The maximum absolute atomic E-state index is 12.2. The molecule has 1 atom stereocenters. The molecule has 29 heavy (non-hydrogen) atoms. The van der Waals surface area contributed by atoms with Crippen LogP contribution in [-0.2, 0) is 16.0 Å². The van der Waals surface area contributed by atoms with E-state index in [1.165, 1.54) is 5.56 Å². The number of unbranched alkanes of at least 4 members (excludes halogenated alkanes) is 1. The number of ketones is 1. The van der Waals surface area contributed by atoms with Gasteiger partial charge >= 0.3 is 0 Å². The lowest BCUT2D eigenvalue weighted by molar-refractivity contribution is -0.121. The number of benzene rings is 1. The van der Waals surface area contributed by atoms with Gasteiger partial charge in [0, 0.05) is 25.0 Å². The Morgan fingerprint density at radius 3 is 2.76 bits per heavy atom. The Morgan fingerprint density at radius 2 is 2.00 bits per heavy atom. The SMILES string of the molecule is CCNC(=O)CCC/C=C\CC1=C(C=CC(O)CCc2ccccc2)CCC1=O. The van der Waals surface area contributed by atoms with Gasteiger partial charge in [-0.05, 0) is 56.6 Å². The van der Waals surface area contributed by atoms with Crippen LogP contribution in [0.2, 0.25) is 0 Å².